The first-order valence-corrected chi connectivity index (χ1v) is 7.06. The molecule has 100 valence electrons. The molecule has 6 heteroatoms. The number of aromatic nitrogens is 2. The van der Waals surface area contributed by atoms with Crippen LogP contribution in [0.4, 0.5) is 0 Å². The monoisotopic (exact) mass is 286 g/mol. The standard InChI is InChI=1S/C12H19ClN4S/c1-3-8-11(13)10(16(2)15-8)7-17-6-4-5-9(17)12(14)18/h9H,3-7H2,1-2H3,(H2,14,18). The zero-order valence-electron chi connectivity index (χ0n) is 10.8. The Kier molecular flexibility index (Phi) is 4.25. The highest BCUT2D eigenvalue weighted by Gasteiger charge is 2.28. The maximum absolute atomic E-state index is 6.36. The molecule has 18 heavy (non-hydrogen) atoms. The molecule has 1 aromatic rings. The van der Waals surface area contributed by atoms with E-state index < -0.39 is 0 Å². The summed E-state index contributed by atoms with van der Waals surface area (Å²) in [6.45, 7) is 3.85. The summed E-state index contributed by atoms with van der Waals surface area (Å²) >= 11 is 11.5. The Labute approximate surface area is 118 Å². The van der Waals surface area contributed by atoms with Crippen LogP contribution in [-0.2, 0) is 20.0 Å². The Hall–Kier alpha value is -0.650. The highest BCUT2D eigenvalue weighted by Crippen LogP contribution is 2.26. The van der Waals surface area contributed by atoms with E-state index in [0.717, 1.165) is 48.8 Å². The average molecular weight is 287 g/mol. The van der Waals surface area contributed by atoms with Crippen LogP contribution in [0.2, 0.25) is 5.02 Å². The van der Waals surface area contributed by atoms with Crippen LogP contribution in [-0.4, -0.2) is 32.3 Å². The maximum Gasteiger partial charge on any atom is 0.0902 e. The van der Waals surface area contributed by atoms with Crippen molar-refractivity contribution in [1.29, 1.82) is 0 Å². The Morgan fingerprint density at radius 1 is 1.61 bits per heavy atom. The summed E-state index contributed by atoms with van der Waals surface area (Å²) < 4.78 is 1.87. The molecule has 0 radical (unpaired) electrons. The number of nitrogens with two attached hydrogens (primary N) is 1. The van der Waals surface area contributed by atoms with Gasteiger partial charge in [-0.15, -0.1) is 0 Å². The van der Waals surface area contributed by atoms with Gasteiger partial charge in [0.1, 0.15) is 0 Å². The fourth-order valence-corrected chi connectivity index (χ4v) is 3.14. The van der Waals surface area contributed by atoms with Gasteiger partial charge in [0.05, 0.1) is 27.4 Å². The minimum atomic E-state index is 0.205. The van der Waals surface area contributed by atoms with Gasteiger partial charge in [-0.2, -0.15) is 5.10 Å². The topological polar surface area (TPSA) is 47.1 Å². The largest absolute Gasteiger partial charge is 0.392 e. The molecule has 2 N–H and O–H groups in total. The van der Waals surface area contributed by atoms with Gasteiger partial charge in [0.15, 0.2) is 0 Å². The second-order valence-corrected chi connectivity index (χ2v) is 5.56. The fourth-order valence-electron chi connectivity index (χ4n) is 2.52. The lowest BCUT2D eigenvalue weighted by Crippen LogP contribution is -2.39. The number of hydrogen-bond acceptors (Lipinski definition) is 3. The van der Waals surface area contributed by atoms with Crippen LogP contribution in [0.3, 0.4) is 0 Å². The van der Waals surface area contributed by atoms with Crippen molar-refractivity contribution in [3.05, 3.63) is 16.4 Å². The number of likely N-dealkylation sites (tertiary alicyclic amines) is 1. The molecule has 0 aliphatic carbocycles. The molecule has 0 amide bonds. The molecular weight excluding hydrogens is 268 g/mol. The van der Waals surface area contributed by atoms with Crippen LogP contribution in [0.1, 0.15) is 31.2 Å². The van der Waals surface area contributed by atoms with E-state index in [2.05, 4.69) is 16.9 Å². The fraction of sp³-hybridized carbons (Fsp3) is 0.667. The molecule has 0 bridgehead atoms. The van der Waals surface area contributed by atoms with Crippen LogP contribution in [0, 0.1) is 0 Å². The summed E-state index contributed by atoms with van der Waals surface area (Å²) in [5.74, 6) is 0. The zero-order valence-corrected chi connectivity index (χ0v) is 12.4. The Bertz CT molecular complexity index is 457. The lowest BCUT2D eigenvalue weighted by molar-refractivity contribution is 0.287. The summed E-state index contributed by atoms with van der Waals surface area (Å²) in [7, 11) is 1.94. The third kappa shape index (κ3) is 2.53. The normalized spacial score (nSPS) is 20.5. The SMILES string of the molecule is CCc1nn(C)c(CN2CCCC2C(N)=S)c1Cl. The molecule has 2 rings (SSSR count). The van der Waals surface area contributed by atoms with Crippen LogP contribution in [0.5, 0.6) is 0 Å². The van der Waals surface area contributed by atoms with Gasteiger partial charge in [-0.25, -0.2) is 0 Å². The van der Waals surface area contributed by atoms with Gasteiger partial charge in [0.25, 0.3) is 0 Å². The van der Waals surface area contributed by atoms with Gasteiger partial charge in [0.2, 0.25) is 0 Å². The number of thiocarbonyl (C=S) groups is 1. The molecular formula is C12H19ClN4S. The summed E-state index contributed by atoms with van der Waals surface area (Å²) in [5.41, 5.74) is 7.79. The lowest BCUT2D eigenvalue weighted by Gasteiger charge is -2.23. The first-order valence-electron chi connectivity index (χ1n) is 6.28. The molecule has 1 saturated heterocycles. The summed E-state index contributed by atoms with van der Waals surface area (Å²) in [6, 6.07) is 0.205. The molecule has 1 aliphatic heterocycles. The second kappa shape index (κ2) is 5.55. The molecule has 1 unspecified atom stereocenters. The Balaban J connectivity index is 2.19. The van der Waals surface area contributed by atoms with Gasteiger partial charge in [0, 0.05) is 13.6 Å². The number of halogens is 1. The predicted molar refractivity (Wildman–Crippen MR) is 77.8 cm³/mol. The van der Waals surface area contributed by atoms with Gasteiger partial charge < -0.3 is 5.73 Å². The molecule has 0 aromatic carbocycles. The number of nitrogens with zero attached hydrogens (tertiary/aromatic N) is 3. The summed E-state index contributed by atoms with van der Waals surface area (Å²) in [6.07, 6.45) is 3.04. The van der Waals surface area contributed by atoms with Crippen molar-refractivity contribution in [2.45, 2.75) is 38.8 Å². The highest BCUT2D eigenvalue weighted by molar-refractivity contribution is 7.80. The van der Waals surface area contributed by atoms with E-state index in [9.17, 15) is 0 Å². The zero-order chi connectivity index (χ0) is 13.3. The molecule has 1 atom stereocenters. The number of hydrogen-bond donors (Lipinski definition) is 1. The van der Waals surface area contributed by atoms with Gasteiger partial charge in [-0.05, 0) is 25.8 Å². The van der Waals surface area contributed by atoms with Crippen molar-refractivity contribution in [3.8, 4) is 0 Å². The van der Waals surface area contributed by atoms with E-state index in [1.807, 2.05) is 11.7 Å². The van der Waals surface area contributed by atoms with Gasteiger partial charge >= 0.3 is 0 Å². The van der Waals surface area contributed by atoms with E-state index in [1.165, 1.54) is 0 Å². The molecule has 1 fully saturated rings. The molecule has 4 nitrogen and oxygen atoms in total. The minimum absolute atomic E-state index is 0.205. The molecule has 1 aliphatic rings. The highest BCUT2D eigenvalue weighted by atomic mass is 35.5. The van der Waals surface area contributed by atoms with Crippen LogP contribution < -0.4 is 5.73 Å². The molecule has 2 heterocycles. The van der Waals surface area contributed by atoms with Crippen molar-refractivity contribution in [2.75, 3.05) is 6.54 Å². The van der Waals surface area contributed by atoms with E-state index >= 15 is 0 Å². The van der Waals surface area contributed by atoms with E-state index in [1.54, 1.807) is 0 Å². The van der Waals surface area contributed by atoms with Crippen molar-refractivity contribution in [3.63, 3.8) is 0 Å². The Morgan fingerprint density at radius 3 is 2.89 bits per heavy atom. The first-order chi connectivity index (χ1) is 8.54. The Morgan fingerprint density at radius 2 is 2.33 bits per heavy atom. The lowest BCUT2D eigenvalue weighted by atomic mass is 10.2. The molecule has 0 spiro atoms. The third-order valence-corrected chi connectivity index (χ3v) is 4.26. The summed E-state index contributed by atoms with van der Waals surface area (Å²) in [5, 5.41) is 5.22. The van der Waals surface area contributed by atoms with Crippen molar-refractivity contribution in [2.24, 2.45) is 12.8 Å². The first kappa shape index (κ1) is 13.8. The second-order valence-electron chi connectivity index (χ2n) is 4.72. The van der Waals surface area contributed by atoms with Crippen LogP contribution in [0.15, 0.2) is 0 Å². The quantitative estimate of drug-likeness (QED) is 0.859. The number of rotatable bonds is 4. The van der Waals surface area contributed by atoms with E-state index in [-0.39, 0.29) is 6.04 Å². The average Bonchev–Trinajstić information content (AvgIpc) is 2.88. The molecule has 0 saturated carbocycles. The minimum Gasteiger partial charge on any atom is -0.392 e. The van der Waals surface area contributed by atoms with Crippen molar-refractivity contribution >= 4 is 28.8 Å². The third-order valence-electron chi connectivity index (χ3n) is 3.55. The van der Waals surface area contributed by atoms with Gasteiger partial charge in [-0.1, -0.05) is 30.7 Å². The van der Waals surface area contributed by atoms with E-state index in [0.29, 0.717) is 4.99 Å². The van der Waals surface area contributed by atoms with Crippen molar-refractivity contribution in [1.82, 2.24) is 14.7 Å². The predicted octanol–water partition coefficient (Wildman–Crippen LogP) is 1.89. The maximum atomic E-state index is 6.36. The van der Waals surface area contributed by atoms with Gasteiger partial charge in [-0.3, -0.25) is 9.58 Å². The summed E-state index contributed by atoms with van der Waals surface area (Å²) in [4.78, 5) is 2.88. The van der Waals surface area contributed by atoms with E-state index in [4.69, 9.17) is 29.6 Å². The van der Waals surface area contributed by atoms with Crippen LogP contribution in [0.25, 0.3) is 0 Å². The number of aryl methyl sites for hydroxylation is 2. The van der Waals surface area contributed by atoms with Crippen LogP contribution >= 0.6 is 23.8 Å². The van der Waals surface area contributed by atoms with Crippen molar-refractivity contribution < 1.29 is 0 Å². The smallest absolute Gasteiger partial charge is 0.0902 e. The molecule has 1 aromatic heterocycles.